The Bertz CT molecular complexity index is 450. The van der Waals surface area contributed by atoms with Crippen LogP contribution in [0.5, 0.6) is 5.75 Å². The molecule has 0 aliphatic rings. The first-order chi connectivity index (χ1) is 6.22. The first-order valence-electron chi connectivity index (χ1n) is 4.07. The summed E-state index contributed by atoms with van der Waals surface area (Å²) in [4.78, 5) is 4.12. The zero-order chi connectivity index (χ0) is 9.42. The van der Waals surface area contributed by atoms with Crippen molar-refractivity contribution in [1.82, 2.24) is 9.38 Å². The highest BCUT2D eigenvalue weighted by Gasteiger charge is 2.06. The first-order valence-corrected chi connectivity index (χ1v) is 4.86. The molecule has 0 bridgehead atoms. The van der Waals surface area contributed by atoms with Crippen molar-refractivity contribution in [1.29, 1.82) is 0 Å². The maximum atomic E-state index is 9.55. The Morgan fingerprint density at radius 2 is 2.38 bits per heavy atom. The molecule has 0 aromatic carbocycles. The fraction of sp³-hybridized carbons (Fsp3) is 0.222. The van der Waals surface area contributed by atoms with Gasteiger partial charge in [0, 0.05) is 22.6 Å². The van der Waals surface area contributed by atoms with Gasteiger partial charge in [-0.15, -0.1) is 0 Å². The van der Waals surface area contributed by atoms with Gasteiger partial charge in [-0.3, -0.25) is 4.40 Å². The number of imidazole rings is 1. The van der Waals surface area contributed by atoms with Gasteiger partial charge in [-0.1, -0.05) is 6.92 Å². The highest BCUT2D eigenvalue weighted by Crippen LogP contribution is 2.23. The van der Waals surface area contributed by atoms with Gasteiger partial charge in [0.25, 0.3) is 0 Å². The van der Waals surface area contributed by atoms with E-state index in [0.29, 0.717) is 5.65 Å². The number of aromatic hydroxyl groups is 1. The summed E-state index contributed by atoms with van der Waals surface area (Å²) in [7, 11) is 0. The van der Waals surface area contributed by atoms with Crippen molar-refractivity contribution < 1.29 is 5.11 Å². The number of nitrogens with zero attached hydrogens (tertiary/aromatic N) is 2. The molecule has 0 saturated heterocycles. The molecule has 13 heavy (non-hydrogen) atoms. The van der Waals surface area contributed by atoms with Crippen LogP contribution in [0.15, 0.2) is 22.9 Å². The molecule has 0 aliphatic carbocycles. The average molecular weight is 241 g/mol. The lowest BCUT2D eigenvalue weighted by molar-refractivity contribution is 0.477. The largest absolute Gasteiger partial charge is 0.504 e. The Hall–Kier alpha value is -1.03. The van der Waals surface area contributed by atoms with Crippen LogP contribution in [0.4, 0.5) is 0 Å². The number of rotatable bonds is 1. The molecule has 2 aromatic heterocycles. The van der Waals surface area contributed by atoms with Crippen molar-refractivity contribution in [3.05, 3.63) is 28.6 Å². The molecule has 0 amide bonds. The Morgan fingerprint density at radius 3 is 3.08 bits per heavy atom. The van der Waals surface area contributed by atoms with Crippen LogP contribution in [-0.4, -0.2) is 14.5 Å². The smallest absolute Gasteiger partial charge is 0.179 e. The van der Waals surface area contributed by atoms with Crippen molar-refractivity contribution in [2.45, 2.75) is 13.3 Å². The summed E-state index contributed by atoms with van der Waals surface area (Å²) in [6.07, 6.45) is 4.58. The number of halogens is 1. The topological polar surface area (TPSA) is 37.5 Å². The maximum absolute atomic E-state index is 9.55. The summed E-state index contributed by atoms with van der Waals surface area (Å²) in [5.74, 6) is 0.203. The zero-order valence-electron chi connectivity index (χ0n) is 7.16. The quantitative estimate of drug-likeness (QED) is 0.832. The maximum Gasteiger partial charge on any atom is 0.179 e. The van der Waals surface area contributed by atoms with E-state index in [-0.39, 0.29) is 5.75 Å². The molecular formula is C9H9BrN2O. The van der Waals surface area contributed by atoms with Crippen LogP contribution in [0.1, 0.15) is 12.6 Å². The van der Waals surface area contributed by atoms with Gasteiger partial charge in [0.2, 0.25) is 0 Å². The number of pyridine rings is 1. The van der Waals surface area contributed by atoms with Crippen molar-refractivity contribution >= 4 is 21.6 Å². The van der Waals surface area contributed by atoms with E-state index < -0.39 is 0 Å². The van der Waals surface area contributed by atoms with Gasteiger partial charge in [-0.05, 0) is 28.4 Å². The van der Waals surface area contributed by atoms with E-state index in [0.717, 1.165) is 16.6 Å². The number of fused-ring (bicyclic) bond motifs is 1. The third kappa shape index (κ3) is 1.31. The minimum Gasteiger partial charge on any atom is -0.504 e. The number of hydrogen-bond acceptors (Lipinski definition) is 2. The minimum atomic E-state index is 0.203. The van der Waals surface area contributed by atoms with Crippen molar-refractivity contribution in [3.63, 3.8) is 0 Å². The predicted molar refractivity (Wildman–Crippen MR) is 53.9 cm³/mol. The predicted octanol–water partition coefficient (Wildman–Crippen LogP) is 2.36. The summed E-state index contributed by atoms with van der Waals surface area (Å²) in [6.45, 7) is 2.06. The van der Waals surface area contributed by atoms with Crippen LogP contribution in [0, 0.1) is 0 Å². The standard InChI is InChI=1S/C9H9BrN2O/c1-2-7-4-11-9-8(13)3-6(10)5-12(7)9/h3-5,13H,2H2,1H3. The molecule has 0 spiro atoms. The fourth-order valence-electron chi connectivity index (χ4n) is 1.35. The van der Waals surface area contributed by atoms with Crippen LogP contribution in [-0.2, 0) is 6.42 Å². The fourth-order valence-corrected chi connectivity index (χ4v) is 1.77. The third-order valence-electron chi connectivity index (χ3n) is 1.99. The average Bonchev–Trinajstić information content (AvgIpc) is 2.47. The summed E-state index contributed by atoms with van der Waals surface area (Å²) >= 11 is 3.32. The number of hydrogen-bond donors (Lipinski definition) is 1. The highest BCUT2D eigenvalue weighted by atomic mass is 79.9. The molecule has 1 N–H and O–H groups in total. The molecule has 0 unspecified atom stereocenters. The SMILES string of the molecule is CCc1cnc2c(O)cc(Br)cn12. The molecule has 4 heteroatoms. The van der Waals surface area contributed by atoms with E-state index >= 15 is 0 Å². The van der Waals surface area contributed by atoms with Crippen molar-refractivity contribution in [3.8, 4) is 5.75 Å². The van der Waals surface area contributed by atoms with Crippen LogP contribution in [0.2, 0.25) is 0 Å². The lowest BCUT2D eigenvalue weighted by Gasteiger charge is -2.00. The summed E-state index contributed by atoms with van der Waals surface area (Å²) in [5, 5.41) is 9.55. The number of aryl methyl sites for hydroxylation is 1. The molecule has 68 valence electrons. The van der Waals surface area contributed by atoms with E-state index in [2.05, 4.69) is 27.8 Å². The number of aromatic nitrogens is 2. The zero-order valence-corrected chi connectivity index (χ0v) is 8.74. The summed E-state index contributed by atoms with van der Waals surface area (Å²) in [6, 6.07) is 1.64. The first kappa shape index (κ1) is 8.56. The van der Waals surface area contributed by atoms with Gasteiger partial charge in [0.1, 0.15) is 0 Å². The van der Waals surface area contributed by atoms with Crippen molar-refractivity contribution in [2.75, 3.05) is 0 Å². The van der Waals surface area contributed by atoms with Gasteiger partial charge < -0.3 is 5.11 Å². The lowest BCUT2D eigenvalue weighted by atomic mass is 10.3. The monoisotopic (exact) mass is 240 g/mol. The van der Waals surface area contributed by atoms with Gasteiger partial charge in [0.05, 0.1) is 0 Å². The lowest BCUT2D eigenvalue weighted by Crippen LogP contribution is -1.90. The molecule has 2 rings (SSSR count). The van der Waals surface area contributed by atoms with E-state index in [1.807, 2.05) is 10.6 Å². The Morgan fingerprint density at radius 1 is 1.62 bits per heavy atom. The Balaban J connectivity index is 2.82. The van der Waals surface area contributed by atoms with Crippen LogP contribution >= 0.6 is 15.9 Å². The molecule has 0 radical (unpaired) electrons. The second-order valence-corrected chi connectivity index (χ2v) is 3.76. The van der Waals surface area contributed by atoms with Crippen molar-refractivity contribution in [2.24, 2.45) is 0 Å². The minimum absolute atomic E-state index is 0.203. The summed E-state index contributed by atoms with van der Waals surface area (Å²) < 4.78 is 2.74. The Labute approximate surface area is 84.2 Å². The third-order valence-corrected chi connectivity index (χ3v) is 2.43. The van der Waals surface area contributed by atoms with E-state index in [9.17, 15) is 5.11 Å². The second kappa shape index (κ2) is 3.03. The van der Waals surface area contributed by atoms with Gasteiger partial charge in [-0.2, -0.15) is 0 Å². The summed E-state index contributed by atoms with van der Waals surface area (Å²) in [5.41, 5.74) is 1.70. The van der Waals surface area contributed by atoms with Gasteiger partial charge >= 0.3 is 0 Å². The Kier molecular flexibility index (Phi) is 2.00. The molecule has 3 nitrogen and oxygen atoms in total. The van der Waals surface area contributed by atoms with E-state index in [1.165, 1.54) is 0 Å². The molecule has 2 heterocycles. The molecular weight excluding hydrogens is 232 g/mol. The molecule has 0 fully saturated rings. The van der Waals surface area contributed by atoms with Gasteiger partial charge in [0.15, 0.2) is 11.4 Å². The van der Waals surface area contributed by atoms with Crippen LogP contribution < -0.4 is 0 Å². The second-order valence-electron chi connectivity index (χ2n) is 2.84. The van der Waals surface area contributed by atoms with Gasteiger partial charge in [-0.25, -0.2) is 4.98 Å². The van der Waals surface area contributed by atoms with E-state index in [1.54, 1.807) is 12.3 Å². The normalized spacial score (nSPS) is 10.9. The van der Waals surface area contributed by atoms with Crippen LogP contribution in [0.3, 0.4) is 0 Å². The molecule has 2 aromatic rings. The van der Waals surface area contributed by atoms with E-state index in [4.69, 9.17) is 0 Å². The molecule has 0 aliphatic heterocycles. The highest BCUT2D eigenvalue weighted by molar-refractivity contribution is 9.10. The molecule has 0 saturated carbocycles. The molecule has 0 atom stereocenters. The van der Waals surface area contributed by atoms with Crippen LogP contribution in [0.25, 0.3) is 5.65 Å².